The number of nitrogens with one attached hydrogen (secondary N) is 2. The van der Waals surface area contributed by atoms with E-state index < -0.39 is 11.1 Å². The van der Waals surface area contributed by atoms with E-state index in [1.54, 1.807) is 49.6 Å². The van der Waals surface area contributed by atoms with Gasteiger partial charge in [-0.2, -0.15) is 0 Å². The highest BCUT2D eigenvalue weighted by molar-refractivity contribution is 5.50. The Morgan fingerprint density at radius 3 is 1.68 bits per heavy atom. The number of aromatic nitrogens is 2. The number of hydrogen-bond donors (Lipinski definition) is 3. The Hall–Kier alpha value is -3.54. The van der Waals surface area contributed by atoms with Crippen molar-refractivity contribution in [3.05, 3.63) is 91.1 Å². The van der Waals surface area contributed by atoms with Crippen LogP contribution < -0.4 is 26.6 Å². The quantitative estimate of drug-likeness (QED) is 0.647. The van der Waals surface area contributed by atoms with Crippen molar-refractivity contribution in [2.75, 3.05) is 7.11 Å². The zero-order valence-corrected chi connectivity index (χ0v) is 13.4. The normalized spacial score (nSPS) is 12.4. The molecule has 2 aromatic carbocycles. The molecular formula is C19H16N2O4. The van der Waals surface area contributed by atoms with Gasteiger partial charge in [-0.05, 0) is 47.5 Å². The van der Waals surface area contributed by atoms with E-state index in [0.29, 0.717) is 11.3 Å². The van der Waals surface area contributed by atoms with Crippen molar-refractivity contribution < 1.29 is 9.84 Å². The van der Waals surface area contributed by atoms with Crippen LogP contribution in [0.1, 0.15) is 11.1 Å². The fourth-order valence-corrected chi connectivity index (χ4v) is 2.30. The summed E-state index contributed by atoms with van der Waals surface area (Å²) in [5, 5.41) is 9.59. The predicted molar refractivity (Wildman–Crippen MR) is 95.2 cm³/mol. The van der Waals surface area contributed by atoms with Gasteiger partial charge in [0.25, 0.3) is 11.1 Å². The summed E-state index contributed by atoms with van der Waals surface area (Å²) in [5.74, 6) is 0.836. The minimum Gasteiger partial charge on any atom is -0.508 e. The number of phenols is 1. The lowest BCUT2D eigenvalue weighted by Gasteiger charge is -1.99. The van der Waals surface area contributed by atoms with Crippen LogP contribution >= 0.6 is 0 Å². The molecular weight excluding hydrogens is 320 g/mol. The molecule has 1 heterocycles. The van der Waals surface area contributed by atoms with Crippen LogP contribution in [-0.4, -0.2) is 22.2 Å². The lowest BCUT2D eigenvalue weighted by molar-refractivity contribution is 0.415. The fourth-order valence-electron chi connectivity index (χ4n) is 2.30. The first kappa shape index (κ1) is 16.3. The summed E-state index contributed by atoms with van der Waals surface area (Å²) >= 11 is 0. The Labute approximate surface area is 142 Å². The van der Waals surface area contributed by atoms with Gasteiger partial charge in [0.15, 0.2) is 0 Å². The maximum absolute atomic E-state index is 12.2. The number of ether oxygens (including phenoxy) is 1. The fraction of sp³-hybridized carbons (Fsp3) is 0.0526. The van der Waals surface area contributed by atoms with Crippen LogP contribution in [0.15, 0.2) is 58.1 Å². The third kappa shape index (κ3) is 3.87. The van der Waals surface area contributed by atoms with Crippen molar-refractivity contribution in [3.63, 3.8) is 0 Å². The van der Waals surface area contributed by atoms with Crippen LogP contribution in [0.2, 0.25) is 0 Å². The highest BCUT2D eigenvalue weighted by Crippen LogP contribution is 2.11. The third-order valence-electron chi connectivity index (χ3n) is 3.62. The maximum Gasteiger partial charge on any atom is 0.272 e. The summed E-state index contributed by atoms with van der Waals surface area (Å²) in [4.78, 5) is 29.6. The molecule has 0 radical (unpaired) electrons. The molecule has 3 N–H and O–H groups in total. The maximum atomic E-state index is 12.2. The van der Waals surface area contributed by atoms with Gasteiger partial charge >= 0.3 is 0 Å². The van der Waals surface area contributed by atoms with Gasteiger partial charge in [-0.15, -0.1) is 0 Å². The average Bonchev–Trinajstić information content (AvgIpc) is 2.62. The number of H-pyrrole nitrogens is 2. The Morgan fingerprint density at radius 1 is 0.800 bits per heavy atom. The smallest absolute Gasteiger partial charge is 0.272 e. The van der Waals surface area contributed by atoms with Crippen LogP contribution in [0.3, 0.4) is 0 Å². The van der Waals surface area contributed by atoms with Crippen LogP contribution in [0.25, 0.3) is 12.2 Å². The van der Waals surface area contributed by atoms with Gasteiger partial charge in [0.2, 0.25) is 0 Å². The minimum atomic E-state index is -0.410. The van der Waals surface area contributed by atoms with E-state index in [2.05, 4.69) is 9.97 Å². The standard InChI is InChI=1S/C19H16N2O4/c1-25-15-8-4-13(5-9-15)11-17-19(24)20-16(18(23)21-17)10-12-2-6-14(22)7-3-12/h2-11,22H,1H3,(H,20,24)(H,21,23)/b16-10-,17-11+. The molecule has 0 aliphatic heterocycles. The van der Waals surface area contributed by atoms with E-state index in [-0.39, 0.29) is 16.4 Å². The number of benzene rings is 2. The Bertz CT molecular complexity index is 1110. The number of phenolic OH excluding ortho intramolecular Hbond substituents is 1. The zero-order chi connectivity index (χ0) is 17.8. The Morgan fingerprint density at radius 2 is 1.24 bits per heavy atom. The van der Waals surface area contributed by atoms with Crippen molar-refractivity contribution in [3.8, 4) is 11.5 Å². The van der Waals surface area contributed by atoms with E-state index >= 15 is 0 Å². The number of hydrogen-bond acceptors (Lipinski definition) is 4. The largest absolute Gasteiger partial charge is 0.508 e. The van der Waals surface area contributed by atoms with Crippen molar-refractivity contribution in [2.45, 2.75) is 0 Å². The molecule has 6 heteroatoms. The zero-order valence-electron chi connectivity index (χ0n) is 13.4. The van der Waals surface area contributed by atoms with Crippen molar-refractivity contribution >= 4 is 12.2 Å². The van der Waals surface area contributed by atoms with E-state index in [1.165, 1.54) is 18.2 Å². The topological polar surface area (TPSA) is 95.2 Å². The summed E-state index contributed by atoms with van der Waals surface area (Å²) in [6, 6.07) is 13.4. The molecule has 0 fully saturated rings. The highest BCUT2D eigenvalue weighted by Gasteiger charge is 1.98. The SMILES string of the molecule is COc1ccc(/C=c2/[nH]c(=O)/c(=C/c3ccc(O)cc3)[nH]c2=O)cc1. The molecule has 0 saturated carbocycles. The summed E-state index contributed by atoms with van der Waals surface area (Å²) in [6.45, 7) is 0. The highest BCUT2D eigenvalue weighted by atomic mass is 16.5. The van der Waals surface area contributed by atoms with Crippen molar-refractivity contribution in [1.82, 2.24) is 9.97 Å². The Kier molecular flexibility index (Phi) is 4.52. The second-order valence-corrected chi connectivity index (χ2v) is 5.39. The van der Waals surface area contributed by atoms with Crippen molar-refractivity contribution in [2.24, 2.45) is 0 Å². The summed E-state index contributed by atoms with van der Waals surface area (Å²) in [7, 11) is 1.57. The molecule has 0 atom stereocenters. The third-order valence-corrected chi connectivity index (χ3v) is 3.62. The van der Waals surface area contributed by atoms with Gasteiger partial charge in [-0.1, -0.05) is 24.3 Å². The molecule has 1 aromatic heterocycles. The molecule has 25 heavy (non-hydrogen) atoms. The second kappa shape index (κ2) is 6.92. The molecule has 0 saturated heterocycles. The number of aromatic hydroxyl groups is 1. The molecule has 0 aliphatic rings. The van der Waals surface area contributed by atoms with Gasteiger partial charge < -0.3 is 19.8 Å². The number of rotatable bonds is 3. The van der Waals surface area contributed by atoms with Crippen LogP contribution in [-0.2, 0) is 0 Å². The van der Waals surface area contributed by atoms with Crippen LogP contribution in [0.5, 0.6) is 11.5 Å². The Balaban J connectivity index is 2.05. The first-order valence-electron chi connectivity index (χ1n) is 7.54. The van der Waals surface area contributed by atoms with E-state index in [1.807, 2.05) is 0 Å². The first-order chi connectivity index (χ1) is 12.0. The molecule has 0 bridgehead atoms. The lowest BCUT2D eigenvalue weighted by atomic mass is 10.2. The summed E-state index contributed by atoms with van der Waals surface area (Å²) in [5.41, 5.74) is 0.635. The average molecular weight is 336 g/mol. The molecule has 3 aromatic rings. The van der Waals surface area contributed by atoms with E-state index in [4.69, 9.17) is 4.74 Å². The predicted octanol–water partition coefficient (Wildman–Crippen LogP) is 0.435. The molecule has 0 unspecified atom stereocenters. The molecule has 0 aliphatic carbocycles. The second-order valence-electron chi connectivity index (χ2n) is 5.39. The van der Waals surface area contributed by atoms with Gasteiger partial charge in [0, 0.05) is 0 Å². The van der Waals surface area contributed by atoms with Gasteiger partial charge in [-0.25, -0.2) is 0 Å². The summed E-state index contributed by atoms with van der Waals surface area (Å²) in [6.07, 6.45) is 3.13. The monoisotopic (exact) mass is 336 g/mol. The number of aromatic amines is 2. The molecule has 6 nitrogen and oxygen atoms in total. The van der Waals surface area contributed by atoms with Gasteiger partial charge in [0.1, 0.15) is 22.2 Å². The van der Waals surface area contributed by atoms with E-state index in [9.17, 15) is 14.7 Å². The molecule has 0 amide bonds. The molecule has 3 rings (SSSR count). The number of methoxy groups -OCH3 is 1. The van der Waals surface area contributed by atoms with Crippen LogP contribution in [0, 0.1) is 0 Å². The van der Waals surface area contributed by atoms with Gasteiger partial charge in [-0.3, -0.25) is 9.59 Å². The summed E-state index contributed by atoms with van der Waals surface area (Å²) < 4.78 is 5.08. The minimum absolute atomic E-state index is 0.129. The lowest BCUT2D eigenvalue weighted by Crippen LogP contribution is -2.46. The molecule has 0 spiro atoms. The van der Waals surface area contributed by atoms with Crippen molar-refractivity contribution in [1.29, 1.82) is 0 Å². The molecule has 126 valence electrons. The van der Waals surface area contributed by atoms with Crippen LogP contribution in [0.4, 0.5) is 0 Å². The van der Waals surface area contributed by atoms with Gasteiger partial charge in [0.05, 0.1) is 7.11 Å². The first-order valence-corrected chi connectivity index (χ1v) is 7.54. The van der Waals surface area contributed by atoms with E-state index in [0.717, 1.165) is 5.56 Å².